The molecular formula is C17H16ClF3N2O3S2. The zero-order valence-corrected chi connectivity index (χ0v) is 16.7. The number of alkyl halides is 3. The Bertz CT molecular complexity index is 949. The third-order valence-corrected chi connectivity index (χ3v) is 5.85. The molecule has 152 valence electrons. The summed E-state index contributed by atoms with van der Waals surface area (Å²) < 4.78 is 60.9. The van der Waals surface area contributed by atoms with Gasteiger partial charge in [-0.15, -0.1) is 11.8 Å². The summed E-state index contributed by atoms with van der Waals surface area (Å²) in [6.45, 7) is 0.294. The smallest absolute Gasteiger partial charge is 0.355 e. The van der Waals surface area contributed by atoms with Gasteiger partial charge in [-0.1, -0.05) is 23.7 Å². The van der Waals surface area contributed by atoms with E-state index in [-0.39, 0.29) is 21.5 Å². The number of hydrogen-bond acceptors (Lipinski definition) is 4. The number of amides is 1. The van der Waals surface area contributed by atoms with Crippen LogP contribution in [-0.2, 0) is 27.4 Å². The van der Waals surface area contributed by atoms with Gasteiger partial charge in [-0.3, -0.25) is 4.79 Å². The first-order valence-electron chi connectivity index (χ1n) is 7.85. The van der Waals surface area contributed by atoms with Crippen LogP contribution in [0.3, 0.4) is 0 Å². The summed E-state index contributed by atoms with van der Waals surface area (Å²) in [5, 5.41) is 7.27. The molecule has 0 unspecified atom stereocenters. The molecule has 1 amide bonds. The van der Waals surface area contributed by atoms with Crippen LogP contribution in [0.5, 0.6) is 0 Å². The van der Waals surface area contributed by atoms with E-state index in [1.807, 2.05) is 0 Å². The quantitative estimate of drug-likeness (QED) is 0.629. The maximum absolute atomic E-state index is 12.8. The van der Waals surface area contributed by atoms with E-state index in [0.717, 1.165) is 29.5 Å². The molecular weight excluding hydrogens is 437 g/mol. The molecule has 0 bridgehead atoms. The maximum Gasteiger partial charge on any atom is 0.417 e. The summed E-state index contributed by atoms with van der Waals surface area (Å²) >= 11 is 6.52. The van der Waals surface area contributed by atoms with Gasteiger partial charge in [0.1, 0.15) is 0 Å². The van der Waals surface area contributed by atoms with Crippen LogP contribution >= 0.6 is 23.4 Å². The van der Waals surface area contributed by atoms with E-state index in [1.54, 1.807) is 12.1 Å². The van der Waals surface area contributed by atoms with Crippen LogP contribution in [0.4, 0.5) is 13.2 Å². The van der Waals surface area contributed by atoms with Gasteiger partial charge in [-0.25, -0.2) is 13.6 Å². The van der Waals surface area contributed by atoms with Crippen molar-refractivity contribution in [1.29, 1.82) is 0 Å². The van der Waals surface area contributed by atoms with Crippen molar-refractivity contribution in [3.05, 3.63) is 58.6 Å². The first-order valence-corrected chi connectivity index (χ1v) is 10.8. The largest absolute Gasteiger partial charge is 0.417 e. The molecule has 28 heavy (non-hydrogen) atoms. The summed E-state index contributed by atoms with van der Waals surface area (Å²) in [5.41, 5.74) is -0.143. The molecule has 0 spiro atoms. The molecule has 3 N–H and O–H groups in total. The van der Waals surface area contributed by atoms with Crippen LogP contribution in [0.25, 0.3) is 0 Å². The average molecular weight is 453 g/mol. The lowest BCUT2D eigenvalue weighted by molar-refractivity contribution is -0.137. The molecule has 0 aliphatic heterocycles. The lowest BCUT2D eigenvalue weighted by Crippen LogP contribution is -2.27. The van der Waals surface area contributed by atoms with E-state index in [0.29, 0.717) is 13.0 Å². The number of nitrogens with two attached hydrogens (primary N) is 1. The molecule has 0 aliphatic carbocycles. The minimum Gasteiger partial charge on any atom is -0.355 e. The van der Waals surface area contributed by atoms with Crippen molar-refractivity contribution in [3.8, 4) is 0 Å². The Balaban J connectivity index is 1.82. The molecule has 0 fully saturated rings. The van der Waals surface area contributed by atoms with E-state index >= 15 is 0 Å². The Kier molecular flexibility index (Phi) is 7.38. The molecule has 11 heteroatoms. The molecule has 5 nitrogen and oxygen atoms in total. The molecule has 2 rings (SSSR count). The highest BCUT2D eigenvalue weighted by atomic mass is 35.5. The van der Waals surface area contributed by atoms with Crippen molar-refractivity contribution in [2.24, 2.45) is 5.14 Å². The number of nitrogens with one attached hydrogen (secondary N) is 1. The van der Waals surface area contributed by atoms with Gasteiger partial charge >= 0.3 is 6.18 Å². The fourth-order valence-electron chi connectivity index (χ4n) is 2.20. The number of halogens is 4. The molecule has 0 aromatic heterocycles. The zero-order chi connectivity index (χ0) is 20.9. The minimum atomic E-state index is -4.56. The molecule has 0 heterocycles. The van der Waals surface area contributed by atoms with Gasteiger partial charge in [0.05, 0.1) is 21.2 Å². The van der Waals surface area contributed by atoms with Crippen molar-refractivity contribution >= 4 is 39.3 Å². The number of sulfonamides is 1. The highest BCUT2D eigenvalue weighted by Crippen LogP contribution is 2.36. The number of hydrogen-bond donors (Lipinski definition) is 2. The molecule has 0 saturated heterocycles. The normalized spacial score (nSPS) is 12.0. The van der Waals surface area contributed by atoms with Gasteiger partial charge < -0.3 is 5.32 Å². The van der Waals surface area contributed by atoms with Gasteiger partial charge in [0.2, 0.25) is 15.9 Å². The topological polar surface area (TPSA) is 89.3 Å². The van der Waals surface area contributed by atoms with Gasteiger partial charge in [-0.05, 0) is 42.3 Å². The van der Waals surface area contributed by atoms with Crippen LogP contribution in [0.15, 0.2) is 52.3 Å². The fraction of sp³-hybridized carbons (Fsp3) is 0.235. The summed E-state index contributed by atoms with van der Waals surface area (Å²) in [6.07, 6.45) is -4.10. The molecule has 2 aromatic rings. The number of rotatable bonds is 7. The second kappa shape index (κ2) is 9.17. The first-order chi connectivity index (χ1) is 13.0. The van der Waals surface area contributed by atoms with Crippen molar-refractivity contribution in [3.63, 3.8) is 0 Å². The summed E-state index contributed by atoms with van der Waals surface area (Å²) in [5.74, 6) is -0.391. The number of benzene rings is 2. The lowest BCUT2D eigenvalue weighted by Gasteiger charge is -2.11. The molecule has 2 aromatic carbocycles. The number of thioether (sulfide) groups is 1. The van der Waals surface area contributed by atoms with E-state index in [4.69, 9.17) is 16.7 Å². The molecule has 0 atom stereocenters. The van der Waals surface area contributed by atoms with Gasteiger partial charge in [-0.2, -0.15) is 13.2 Å². The Morgan fingerprint density at radius 1 is 1.14 bits per heavy atom. The van der Waals surface area contributed by atoms with E-state index in [1.165, 1.54) is 18.2 Å². The van der Waals surface area contributed by atoms with Crippen molar-refractivity contribution in [2.45, 2.75) is 22.4 Å². The SMILES string of the molecule is NS(=O)(=O)c1ccc(CCNC(=O)CSc2ccc(Cl)c(C(F)(F)F)c2)cc1. The standard InChI is InChI=1S/C17H16ClF3N2O3S2/c18-15-6-3-12(9-14(15)17(19,20)21)27-10-16(24)23-8-7-11-1-4-13(5-2-11)28(22,25)26/h1-6,9H,7-8,10H2,(H,23,24)(H2,22,25,26). The Hall–Kier alpha value is -1.75. The fourth-order valence-corrected chi connectivity index (χ4v) is 3.71. The van der Waals surface area contributed by atoms with Crippen LogP contribution in [-0.4, -0.2) is 26.6 Å². The van der Waals surface area contributed by atoms with Crippen molar-refractivity contribution in [1.82, 2.24) is 5.32 Å². The van der Waals surface area contributed by atoms with Crippen LogP contribution in [0, 0.1) is 0 Å². The van der Waals surface area contributed by atoms with Crippen molar-refractivity contribution < 1.29 is 26.4 Å². The van der Waals surface area contributed by atoms with Crippen molar-refractivity contribution in [2.75, 3.05) is 12.3 Å². The van der Waals surface area contributed by atoms with E-state index in [9.17, 15) is 26.4 Å². The van der Waals surface area contributed by atoms with E-state index in [2.05, 4.69) is 5.32 Å². The minimum absolute atomic E-state index is 0.00197. The van der Waals surface area contributed by atoms with Crippen LogP contribution in [0.1, 0.15) is 11.1 Å². The first kappa shape index (κ1) is 22.5. The molecule has 0 saturated carbocycles. The van der Waals surface area contributed by atoms with Crippen LogP contribution < -0.4 is 10.5 Å². The molecule has 0 radical (unpaired) electrons. The monoisotopic (exact) mass is 452 g/mol. The highest BCUT2D eigenvalue weighted by molar-refractivity contribution is 8.00. The van der Waals surface area contributed by atoms with Gasteiger partial charge in [0.25, 0.3) is 0 Å². The summed E-state index contributed by atoms with van der Waals surface area (Å²) in [6, 6.07) is 9.41. The maximum atomic E-state index is 12.8. The Morgan fingerprint density at radius 3 is 2.36 bits per heavy atom. The summed E-state index contributed by atoms with van der Waals surface area (Å²) in [7, 11) is -3.75. The zero-order valence-electron chi connectivity index (χ0n) is 14.3. The summed E-state index contributed by atoms with van der Waals surface area (Å²) in [4.78, 5) is 12.1. The Labute approximate surface area is 169 Å². The second-order valence-corrected chi connectivity index (χ2v) is 8.73. The van der Waals surface area contributed by atoms with Gasteiger partial charge in [0, 0.05) is 11.4 Å². The van der Waals surface area contributed by atoms with E-state index < -0.39 is 26.8 Å². The predicted octanol–water partition coefficient (Wildman–Crippen LogP) is 3.46. The predicted molar refractivity (Wildman–Crippen MR) is 102 cm³/mol. The number of primary sulfonamides is 1. The molecule has 0 aliphatic rings. The van der Waals surface area contributed by atoms with Crippen LogP contribution in [0.2, 0.25) is 5.02 Å². The average Bonchev–Trinajstić information content (AvgIpc) is 2.59. The number of carbonyl (C=O) groups is 1. The van der Waals surface area contributed by atoms with Gasteiger partial charge in [0.15, 0.2) is 0 Å². The third kappa shape index (κ3) is 6.69. The third-order valence-electron chi connectivity index (χ3n) is 3.60. The lowest BCUT2D eigenvalue weighted by atomic mass is 10.1. The highest BCUT2D eigenvalue weighted by Gasteiger charge is 2.33. The second-order valence-electron chi connectivity index (χ2n) is 5.72. The Morgan fingerprint density at radius 2 is 1.79 bits per heavy atom. The number of carbonyl (C=O) groups excluding carboxylic acids is 1.